The molecule has 6 nitrogen and oxygen atoms in total. The Balaban J connectivity index is 1.61. The van der Waals surface area contributed by atoms with Gasteiger partial charge in [-0.1, -0.05) is 24.3 Å². The van der Waals surface area contributed by atoms with E-state index in [0.717, 1.165) is 16.6 Å². The van der Waals surface area contributed by atoms with Crippen LogP contribution in [0.15, 0.2) is 60.8 Å². The van der Waals surface area contributed by atoms with Crippen LogP contribution in [0.25, 0.3) is 10.9 Å². The van der Waals surface area contributed by atoms with Crippen molar-refractivity contribution in [3.8, 4) is 0 Å². The van der Waals surface area contributed by atoms with Crippen molar-refractivity contribution in [3.05, 3.63) is 83.4 Å². The number of benzene rings is 2. The molecule has 144 valence electrons. The molecule has 4 rings (SSSR count). The van der Waals surface area contributed by atoms with Gasteiger partial charge in [-0.15, -0.1) is 0 Å². The number of anilines is 3. The van der Waals surface area contributed by atoms with E-state index in [1.807, 2.05) is 48.5 Å². The summed E-state index contributed by atoms with van der Waals surface area (Å²) >= 11 is 0. The molecule has 2 aromatic heterocycles. The summed E-state index contributed by atoms with van der Waals surface area (Å²) in [6, 6.07) is 17.2. The summed E-state index contributed by atoms with van der Waals surface area (Å²) in [6.07, 6.45) is 1.71. The molecule has 0 atom stereocenters. The van der Waals surface area contributed by atoms with Crippen LogP contribution < -0.4 is 10.6 Å². The van der Waals surface area contributed by atoms with Gasteiger partial charge in [-0.05, 0) is 56.2 Å². The molecule has 0 aliphatic carbocycles. The van der Waals surface area contributed by atoms with Gasteiger partial charge in [0.1, 0.15) is 17.3 Å². The summed E-state index contributed by atoms with van der Waals surface area (Å²) < 4.78 is 0. The molecule has 0 fully saturated rings. The lowest BCUT2D eigenvalue weighted by Crippen LogP contribution is -2.15. The Hall–Kier alpha value is -3.80. The number of carbonyl (C=O) groups is 1. The monoisotopic (exact) mass is 383 g/mol. The molecule has 0 saturated carbocycles. The highest BCUT2D eigenvalue weighted by atomic mass is 16.1. The topological polar surface area (TPSA) is 79.8 Å². The van der Waals surface area contributed by atoms with Gasteiger partial charge in [0.15, 0.2) is 0 Å². The highest BCUT2D eigenvalue weighted by Crippen LogP contribution is 2.22. The van der Waals surface area contributed by atoms with Crippen LogP contribution in [0.5, 0.6) is 0 Å². The molecular formula is C23H21N5O. The molecule has 0 aliphatic heterocycles. The molecule has 29 heavy (non-hydrogen) atoms. The fraction of sp³-hybridized carbons (Fsp3) is 0.130. The van der Waals surface area contributed by atoms with Crippen LogP contribution in [0.1, 0.15) is 27.4 Å². The molecule has 1 amide bonds. The van der Waals surface area contributed by atoms with Crippen molar-refractivity contribution in [2.75, 3.05) is 10.6 Å². The lowest BCUT2D eigenvalue weighted by atomic mass is 10.1. The van der Waals surface area contributed by atoms with Gasteiger partial charge in [-0.25, -0.2) is 9.97 Å². The summed E-state index contributed by atoms with van der Waals surface area (Å²) in [6.45, 7) is 5.89. The molecule has 2 N–H and O–H groups in total. The van der Waals surface area contributed by atoms with E-state index in [9.17, 15) is 4.79 Å². The molecule has 0 radical (unpaired) electrons. The summed E-state index contributed by atoms with van der Waals surface area (Å²) in [5.74, 6) is 0.777. The predicted octanol–water partition coefficient (Wildman–Crippen LogP) is 4.95. The third kappa shape index (κ3) is 4.06. The first kappa shape index (κ1) is 18.6. The number of aryl methyl sites for hydroxylation is 3. The molecule has 2 aromatic carbocycles. The van der Waals surface area contributed by atoms with Crippen LogP contribution in [-0.2, 0) is 0 Å². The van der Waals surface area contributed by atoms with Gasteiger partial charge in [0, 0.05) is 23.3 Å². The molecule has 0 unspecified atom stereocenters. The maximum absolute atomic E-state index is 12.9. The second-order valence-corrected chi connectivity index (χ2v) is 6.94. The second kappa shape index (κ2) is 7.67. The van der Waals surface area contributed by atoms with Gasteiger partial charge in [0.05, 0.1) is 11.2 Å². The number of pyridine rings is 1. The SMILES string of the molecule is Cc1nc(Nc2ccc(C)c(C)c2)cc(C(=O)Nc2cccc3cccnc23)n1. The van der Waals surface area contributed by atoms with Crippen LogP contribution in [0, 0.1) is 20.8 Å². The van der Waals surface area contributed by atoms with Gasteiger partial charge in [0.25, 0.3) is 5.91 Å². The molecular weight excluding hydrogens is 362 g/mol. The lowest BCUT2D eigenvalue weighted by molar-refractivity contribution is 0.102. The standard InChI is InChI=1S/C23H21N5O/c1-14-9-10-18(12-15(14)2)27-21-13-20(25-16(3)26-21)23(29)28-19-8-4-6-17-7-5-11-24-22(17)19/h4-13H,1-3H3,(H,28,29)(H,25,26,27). The van der Waals surface area contributed by atoms with Crippen LogP contribution in [-0.4, -0.2) is 20.9 Å². The summed E-state index contributed by atoms with van der Waals surface area (Å²) in [5.41, 5.74) is 4.99. The molecule has 0 aliphatic rings. The molecule has 0 saturated heterocycles. The number of fused-ring (bicyclic) bond motifs is 1. The fourth-order valence-corrected chi connectivity index (χ4v) is 3.11. The van der Waals surface area contributed by atoms with Crippen molar-refractivity contribution in [1.82, 2.24) is 15.0 Å². The van der Waals surface area contributed by atoms with Gasteiger partial charge in [-0.2, -0.15) is 0 Å². The van der Waals surface area contributed by atoms with E-state index < -0.39 is 0 Å². The average Bonchev–Trinajstić information content (AvgIpc) is 2.70. The molecule has 6 heteroatoms. The maximum atomic E-state index is 12.9. The third-order valence-corrected chi connectivity index (χ3v) is 4.73. The largest absolute Gasteiger partial charge is 0.340 e. The summed E-state index contributed by atoms with van der Waals surface area (Å²) in [5, 5.41) is 7.13. The van der Waals surface area contributed by atoms with Crippen LogP contribution in [0.4, 0.5) is 17.2 Å². The summed E-state index contributed by atoms with van der Waals surface area (Å²) in [4.78, 5) is 25.9. The molecule has 4 aromatic rings. The Morgan fingerprint density at radius 1 is 0.897 bits per heavy atom. The fourth-order valence-electron chi connectivity index (χ4n) is 3.11. The van der Waals surface area contributed by atoms with E-state index >= 15 is 0 Å². The molecule has 2 heterocycles. The van der Waals surface area contributed by atoms with E-state index in [2.05, 4.69) is 39.4 Å². The predicted molar refractivity (Wildman–Crippen MR) is 116 cm³/mol. The van der Waals surface area contributed by atoms with Crippen molar-refractivity contribution in [1.29, 1.82) is 0 Å². The first-order chi connectivity index (χ1) is 14.0. The Labute approximate surface area is 169 Å². The van der Waals surface area contributed by atoms with Gasteiger partial charge >= 0.3 is 0 Å². The number of carbonyl (C=O) groups excluding carboxylic acids is 1. The minimum atomic E-state index is -0.309. The van der Waals surface area contributed by atoms with Crippen molar-refractivity contribution in [2.24, 2.45) is 0 Å². The van der Waals surface area contributed by atoms with Gasteiger partial charge in [-0.3, -0.25) is 9.78 Å². The number of nitrogens with zero attached hydrogens (tertiary/aromatic N) is 3. The Morgan fingerprint density at radius 3 is 2.55 bits per heavy atom. The second-order valence-electron chi connectivity index (χ2n) is 6.94. The number of hydrogen-bond acceptors (Lipinski definition) is 5. The summed E-state index contributed by atoms with van der Waals surface area (Å²) in [7, 11) is 0. The first-order valence-corrected chi connectivity index (χ1v) is 9.35. The number of rotatable bonds is 4. The smallest absolute Gasteiger partial charge is 0.274 e. The van der Waals surface area contributed by atoms with E-state index in [0.29, 0.717) is 17.3 Å². The minimum absolute atomic E-state index is 0.289. The van der Waals surface area contributed by atoms with Crippen molar-refractivity contribution in [2.45, 2.75) is 20.8 Å². The first-order valence-electron chi connectivity index (χ1n) is 9.35. The number of nitrogens with one attached hydrogen (secondary N) is 2. The maximum Gasteiger partial charge on any atom is 0.274 e. The van der Waals surface area contributed by atoms with Crippen LogP contribution in [0.3, 0.4) is 0 Å². The third-order valence-electron chi connectivity index (χ3n) is 4.73. The Morgan fingerprint density at radius 2 is 1.72 bits per heavy atom. The van der Waals surface area contributed by atoms with Crippen LogP contribution in [0.2, 0.25) is 0 Å². The molecule has 0 spiro atoms. The normalized spacial score (nSPS) is 10.7. The lowest BCUT2D eigenvalue weighted by Gasteiger charge is -2.11. The van der Waals surface area contributed by atoms with Crippen molar-refractivity contribution in [3.63, 3.8) is 0 Å². The van der Waals surface area contributed by atoms with Gasteiger partial charge < -0.3 is 10.6 Å². The zero-order chi connectivity index (χ0) is 20.4. The number of hydrogen-bond donors (Lipinski definition) is 2. The van der Waals surface area contributed by atoms with Crippen LogP contribution >= 0.6 is 0 Å². The van der Waals surface area contributed by atoms with Gasteiger partial charge in [0.2, 0.25) is 0 Å². The quantitative estimate of drug-likeness (QED) is 0.521. The number of para-hydroxylation sites is 1. The van der Waals surface area contributed by atoms with Crippen molar-refractivity contribution < 1.29 is 4.79 Å². The molecule has 0 bridgehead atoms. The zero-order valence-corrected chi connectivity index (χ0v) is 16.5. The van der Waals surface area contributed by atoms with E-state index in [-0.39, 0.29) is 11.6 Å². The van der Waals surface area contributed by atoms with E-state index in [4.69, 9.17) is 0 Å². The highest BCUT2D eigenvalue weighted by Gasteiger charge is 2.13. The van der Waals surface area contributed by atoms with Crippen molar-refractivity contribution >= 4 is 34.0 Å². The Kier molecular flexibility index (Phi) is 4.91. The zero-order valence-electron chi connectivity index (χ0n) is 16.5. The minimum Gasteiger partial charge on any atom is -0.340 e. The van der Waals surface area contributed by atoms with E-state index in [1.54, 1.807) is 19.2 Å². The number of aromatic nitrogens is 3. The highest BCUT2D eigenvalue weighted by molar-refractivity contribution is 6.07. The number of amides is 1. The average molecular weight is 383 g/mol. The Bertz CT molecular complexity index is 1210. The van der Waals surface area contributed by atoms with E-state index in [1.165, 1.54) is 11.1 Å².